The fourth-order valence-corrected chi connectivity index (χ4v) is 3.73. The molecule has 0 aliphatic heterocycles. The second kappa shape index (κ2) is 9.11. The van der Waals surface area contributed by atoms with E-state index in [9.17, 15) is 13.2 Å². The zero-order valence-corrected chi connectivity index (χ0v) is 19.2. The summed E-state index contributed by atoms with van der Waals surface area (Å²) in [4.78, 5) is 12.7. The maximum Gasteiger partial charge on any atom is 0.340 e. The molecule has 1 aromatic heterocycles. The Morgan fingerprint density at radius 2 is 1.87 bits per heavy atom. The molecule has 0 bridgehead atoms. The van der Waals surface area contributed by atoms with E-state index in [0.29, 0.717) is 41.5 Å². The lowest BCUT2D eigenvalue weighted by molar-refractivity contribution is 0.271. The van der Waals surface area contributed by atoms with Crippen LogP contribution in [0, 0.1) is 12.8 Å². The monoisotopic (exact) mass is 444 g/mol. The molecule has 7 nitrogen and oxygen atoms in total. The first-order valence-electron chi connectivity index (χ1n) is 10.0. The molecular formula is C23H28N2O5S. The van der Waals surface area contributed by atoms with E-state index < -0.39 is 15.8 Å². The molecule has 1 N–H and O–H groups in total. The van der Waals surface area contributed by atoms with Gasteiger partial charge in [-0.1, -0.05) is 26.0 Å². The highest BCUT2D eigenvalue weighted by Crippen LogP contribution is 2.26. The summed E-state index contributed by atoms with van der Waals surface area (Å²) in [6.07, 6.45) is 0.327. The van der Waals surface area contributed by atoms with Crippen LogP contribution in [0.25, 0.3) is 11.0 Å². The number of fused-ring (bicyclic) bond motifs is 1. The Morgan fingerprint density at radius 1 is 1.13 bits per heavy atom. The molecule has 0 atom stereocenters. The summed E-state index contributed by atoms with van der Waals surface area (Å²) in [6, 6.07) is 12.5. The molecule has 3 aromatic rings. The van der Waals surface area contributed by atoms with Gasteiger partial charge in [0.15, 0.2) is 0 Å². The molecule has 0 aliphatic rings. The Balaban J connectivity index is 1.91. The molecule has 166 valence electrons. The van der Waals surface area contributed by atoms with Crippen molar-refractivity contribution in [1.29, 1.82) is 0 Å². The van der Waals surface area contributed by atoms with Crippen LogP contribution in [0.15, 0.2) is 51.7 Å². The smallest absolute Gasteiger partial charge is 0.340 e. The standard InChI is InChI=1S/C23H28N2O5S/c1-15(2)14-29-19-9-10-20-16(3)21(23(26)30-22(20)13-19)12-17-7-6-8-18(11-17)24-31(27,28)25(4)5/h6-11,13,15,24H,12,14H2,1-5H3. The second-order valence-corrected chi connectivity index (χ2v) is 10.0. The zero-order chi connectivity index (χ0) is 22.8. The topological polar surface area (TPSA) is 88.9 Å². The van der Waals surface area contributed by atoms with Gasteiger partial charge in [0.2, 0.25) is 0 Å². The van der Waals surface area contributed by atoms with Crippen molar-refractivity contribution in [2.24, 2.45) is 5.92 Å². The van der Waals surface area contributed by atoms with Gasteiger partial charge in [0.1, 0.15) is 11.3 Å². The number of nitrogens with one attached hydrogen (secondary N) is 1. The molecular weight excluding hydrogens is 416 g/mol. The van der Waals surface area contributed by atoms with E-state index >= 15 is 0 Å². The summed E-state index contributed by atoms with van der Waals surface area (Å²) >= 11 is 0. The number of anilines is 1. The Kier molecular flexibility index (Phi) is 6.71. The quantitative estimate of drug-likeness (QED) is 0.532. The van der Waals surface area contributed by atoms with Crippen molar-refractivity contribution in [3.05, 3.63) is 69.6 Å². The molecule has 0 unspecified atom stereocenters. The van der Waals surface area contributed by atoms with Crippen LogP contribution in [-0.4, -0.2) is 33.4 Å². The van der Waals surface area contributed by atoms with Crippen molar-refractivity contribution in [3.63, 3.8) is 0 Å². The van der Waals surface area contributed by atoms with Gasteiger partial charge in [-0.25, -0.2) is 4.79 Å². The second-order valence-electron chi connectivity index (χ2n) is 8.12. The summed E-state index contributed by atoms with van der Waals surface area (Å²) in [5.41, 5.74) is 2.67. The van der Waals surface area contributed by atoms with Crippen molar-refractivity contribution in [1.82, 2.24) is 4.31 Å². The molecule has 0 radical (unpaired) electrons. The van der Waals surface area contributed by atoms with E-state index in [4.69, 9.17) is 9.15 Å². The highest BCUT2D eigenvalue weighted by molar-refractivity contribution is 7.90. The number of nitrogens with zero attached hydrogens (tertiary/aromatic N) is 1. The lowest BCUT2D eigenvalue weighted by atomic mass is 9.99. The average molecular weight is 445 g/mol. The minimum Gasteiger partial charge on any atom is -0.493 e. The van der Waals surface area contributed by atoms with Gasteiger partial charge in [-0.15, -0.1) is 0 Å². The fourth-order valence-electron chi connectivity index (χ4n) is 3.12. The number of hydrogen-bond donors (Lipinski definition) is 1. The lowest BCUT2D eigenvalue weighted by Crippen LogP contribution is -2.28. The summed E-state index contributed by atoms with van der Waals surface area (Å²) in [6.45, 7) is 6.61. The van der Waals surface area contributed by atoms with Crippen molar-refractivity contribution in [2.45, 2.75) is 27.2 Å². The molecule has 8 heteroatoms. The van der Waals surface area contributed by atoms with Crippen LogP contribution >= 0.6 is 0 Å². The predicted octanol–water partition coefficient (Wildman–Crippen LogP) is 3.95. The average Bonchev–Trinajstić information content (AvgIpc) is 2.69. The SMILES string of the molecule is Cc1c(Cc2cccc(NS(=O)(=O)N(C)C)c2)c(=O)oc2cc(OCC(C)C)ccc12. The number of hydrogen-bond acceptors (Lipinski definition) is 5. The Morgan fingerprint density at radius 3 is 2.55 bits per heavy atom. The molecule has 0 amide bonds. The molecule has 0 saturated heterocycles. The third-order valence-electron chi connectivity index (χ3n) is 4.88. The Hall–Kier alpha value is -2.84. The normalized spacial score (nSPS) is 12.0. The van der Waals surface area contributed by atoms with Gasteiger partial charge in [0.05, 0.1) is 12.3 Å². The van der Waals surface area contributed by atoms with Crippen LogP contribution in [0.4, 0.5) is 5.69 Å². The Labute approximate surface area is 182 Å². The van der Waals surface area contributed by atoms with E-state index in [2.05, 4.69) is 18.6 Å². The molecule has 0 aliphatic carbocycles. The predicted molar refractivity (Wildman–Crippen MR) is 123 cm³/mol. The van der Waals surface area contributed by atoms with E-state index in [1.807, 2.05) is 25.1 Å². The Bertz CT molecular complexity index is 1250. The van der Waals surface area contributed by atoms with Gasteiger partial charge >= 0.3 is 15.8 Å². The largest absolute Gasteiger partial charge is 0.493 e. The van der Waals surface area contributed by atoms with Crippen LogP contribution in [0.3, 0.4) is 0 Å². The molecule has 31 heavy (non-hydrogen) atoms. The summed E-state index contributed by atoms with van der Waals surface area (Å²) in [7, 11) is -0.702. The van der Waals surface area contributed by atoms with E-state index in [-0.39, 0.29) is 0 Å². The first kappa shape index (κ1) is 22.8. The summed E-state index contributed by atoms with van der Waals surface area (Å²) in [5, 5.41) is 0.843. The van der Waals surface area contributed by atoms with E-state index in [1.54, 1.807) is 24.3 Å². The molecule has 0 saturated carbocycles. The van der Waals surface area contributed by atoms with Crippen molar-refractivity contribution in [2.75, 3.05) is 25.4 Å². The maximum atomic E-state index is 12.7. The third kappa shape index (κ3) is 5.45. The van der Waals surface area contributed by atoms with Gasteiger partial charge in [-0.2, -0.15) is 12.7 Å². The van der Waals surface area contributed by atoms with Crippen molar-refractivity contribution in [3.8, 4) is 5.75 Å². The van der Waals surface area contributed by atoms with Gasteiger partial charge < -0.3 is 9.15 Å². The van der Waals surface area contributed by atoms with Crippen molar-refractivity contribution >= 4 is 26.9 Å². The minimum absolute atomic E-state index is 0.327. The van der Waals surface area contributed by atoms with Crippen LogP contribution in [0.1, 0.15) is 30.5 Å². The molecule has 0 spiro atoms. The van der Waals surface area contributed by atoms with Gasteiger partial charge in [0.25, 0.3) is 0 Å². The highest BCUT2D eigenvalue weighted by atomic mass is 32.2. The third-order valence-corrected chi connectivity index (χ3v) is 6.33. The van der Waals surface area contributed by atoms with Crippen LogP contribution in [0.2, 0.25) is 0 Å². The number of rotatable bonds is 8. The number of ether oxygens (including phenoxy) is 1. The molecule has 3 rings (SSSR count). The number of aryl methyl sites for hydroxylation is 1. The molecule has 2 aromatic carbocycles. The maximum absolute atomic E-state index is 12.7. The van der Waals surface area contributed by atoms with Crippen molar-refractivity contribution < 1.29 is 17.6 Å². The highest BCUT2D eigenvalue weighted by Gasteiger charge is 2.15. The fraction of sp³-hybridized carbons (Fsp3) is 0.348. The van der Waals surface area contributed by atoms with Gasteiger partial charge in [-0.05, 0) is 48.2 Å². The number of benzene rings is 2. The summed E-state index contributed by atoms with van der Waals surface area (Å²) in [5.74, 6) is 1.06. The lowest BCUT2D eigenvalue weighted by Gasteiger charge is -2.14. The van der Waals surface area contributed by atoms with E-state index in [0.717, 1.165) is 20.8 Å². The first-order chi connectivity index (χ1) is 14.6. The van der Waals surface area contributed by atoms with Crippen LogP contribution in [-0.2, 0) is 16.6 Å². The van der Waals surface area contributed by atoms with E-state index in [1.165, 1.54) is 14.1 Å². The minimum atomic E-state index is -3.61. The molecule has 1 heterocycles. The summed E-state index contributed by atoms with van der Waals surface area (Å²) < 4.78 is 39.1. The van der Waals surface area contributed by atoms with Gasteiger partial charge in [0, 0.05) is 37.5 Å². The molecule has 0 fully saturated rings. The first-order valence-corrected chi connectivity index (χ1v) is 11.5. The van der Waals surface area contributed by atoms with Crippen LogP contribution < -0.4 is 15.1 Å². The zero-order valence-electron chi connectivity index (χ0n) is 18.4. The van der Waals surface area contributed by atoms with Gasteiger partial charge in [-0.3, -0.25) is 4.72 Å². The van der Waals surface area contributed by atoms with Crippen LogP contribution in [0.5, 0.6) is 5.75 Å².